The Morgan fingerprint density at radius 2 is 0.643 bits per heavy atom. The first kappa shape index (κ1) is 75.2. The van der Waals surface area contributed by atoms with Crippen LogP contribution in [0.5, 0.6) is 0 Å². The van der Waals surface area contributed by atoms with Crippen molar-refractivity contribution in [2.75, 3.05) is 0 Å². The van der Waals surface area contributed by atoms with Gasteiger partial charge in [-0.15, -0.1) is 215 Å². The fraction of sp³-hybridized carbons (Fsp3) is 0.0562. The maximum absolute atomic E-state index is 4.60. The summed E-state index contributed by atoms with van der Waals surface area (Å²) >= 11 is 0. The van der Waals surface area contributed by atoms with E-state index in [1.54, 1.807) is 12.4 Å². The van der Waals surface area contributed by atoms with E-state index in [1.807, 2.05) is 250 Å². The van der Waals surface area contributed by atoms with Crippen molar-refractivity contribution < 1.29 is 60.3 Å². The second-order valence-corrected chi connectivity index (χ2v) is 21.7. The smallest absolute Gasteiger partial charge is 0.0266 e. The number of rotatable bonds is 10. The minimum Gasteiger partial charge on any atom is -0.305 e. The van der Waals surface area contributed by atoms with Crippen LogP contribution in [0.15, 0.2) is 340 Å². The SMILES string of the molecule is CCc1cc(-c2[c-]cccc2)ncc1-c1ccccc1.Cc1cc(-c2[c-]cccc2)ncc1-c1ccccc1.Cc1cccc(-c2[c-]cccc2)n1.Cc1ccccc1-c1ccnc(-c2[c-]cccc2)c1.[Ir].[Ir].[Ir].[c-]1ccccc1-c1ccccn1.[c-]1ccccc1-c1ccccn1. The zero-order valence-electron chi connectivity index (χ0n) is 54.7. The molecule has 6 aromatic heterocycles. The number of hydrogen-bond acceptors (Lipinski definition) is 6. The third-order valence-electron chi connectivity index (χ3n) is 15.0. The Kier molecular flexibility index (Phi) is 31.5. The van der Waals surface area contributed by atoms with Crippen molar-refractivity contribution in [3.8, 4) is 101 Å². The first-order chi connectivity index (χ1) is 46.9. The van der Waals surface area contributed by atoms with Gasteiger partial charge in [-0.1, -0.05) is 146 Å². The molecule has 0 bridgehead atoms. The van der Waals surface area contributed by atoms with Gasteiger partial charge in [0, 0.05) is 108 Å². The molecule has 0 spiro atoms. The summed E-state index contributed by atoms with van der Waals surface area (Å²) < 4.78 is 0. The van der Waals surface area contributed by atoms with Crippen LogP contribution in [-0.4, -0.2) is 29.9 Å². The van der Waals surface area contributed by atoms with Crippen molar-refractivity contribution in [3.05, 3.63) is 399 Å². The summed E-state index contributed by atoms with van der Waals surface area (Å²) in [5, 5.41) is 0. The molecule has 0 amide bonds. The van der Waals surface area contributed by atoms with Crippen molar-refractivity contribution in [1.82, 2.24) is 29.9 Å². The number of benzene rings is 9. The topological polar surface area (TPSA) is 77.3 Å². The van der Waals surface area contributed by atoms with Crippen LogP contribution in [-0.2, 0) is 66.7 Å². The van der Waals surface area contributed by atoms with Gasteiger partial charge >= 0.3 is 0 Å². The average molecular weight is 1800 g/mol. The molecule has 0 aliphatic heterocycles. The molecule has 98 heavy (non-hydrogen) atoms. The van der Waals surface area contributed by atoms with Crippen LogP contribution < -0.4 is 0 Å². The van der Waals surface area contributed by atoms with Crippen LogP contribution in [0.2, 0.25) is 0 Å². The average Bonchev–Trinajstić information content (AvgIpc) is 0.849. The maximum Gasteiger partial charge on any atom is 0.0266 e. The minimum atomic E-state index is 0. The monoisotopic (exact) mass is 1800 g/mol. The summed E-state index contributed by atoms with van der Waals surface area (Å²) in [6, 6.07) is 122. The Morgan fingerprint density at radius 3 is 1.06 bits per heavy atom. The molecule has 9 aromatic carbocycles. The van der Waals surface area contributed by atoms with Gasteiger partial charge in [-0.2, -0.15) is 0 Å². The molecule has 0 saturated heterocycles. The molecule has 0 N–H and O–H groups in total. The first-order valence-electron chi connectivity index (χ1n) is 31.5. The van der Waals surface area contributed by atoms with Crippen LogP contribution in [0, 0.1) is 57.2 Å². The summed E-state index contributed by atoms with van der Waals surface area (Å²) in [5.74, 6) is 0. The van der Waals surface area contributed by atoms with Crippen molar-refractivity contribution >= 4 is 0 Å². The van der Waals surface area contributed by atoms with Gasteiger partial charge in [0.25, 0.3) is 0 Å². The molecule has 15 rings (SSSR count). The van der Waals surface area contributed by atoms with Crippen LogP contribution in [0.1, 0.15) is 29.3 Å². The predicted molar refractivity (Wildman–Crippen MR) is 391 cm³/mol. The van der Waals surface area contributed by atoms with E-state index in [0.717, 1.165) is 79.7 Å². The van der Waals surface area contributed by atoms with Gasteiger partial charge in [0.2, 0.25) is 0 Å². The molecule has 3 radical (unpaired) electrons. The van der Waals surface area contributed by atoms with Gasteiger partial charge in [-0.05, 0) is 125 Å². The predicted octanol–water partition coefficient (Wildman–Crippen LogP) is 21.8. The van der Waals surface area contributed by atoms with Gasteiger partial charge in [-0.25, -0.2) is 0 Å². The molecular formula is C89H70Ir3N6-6. The molecule has 489 valence electrons. The van der Waals surface area contributed by atoms with E-state index in [4.69, 9.17) is 0 Å². The maximum atomic E-state index is 4.60. The third kappa shape index (κ3) is 22.7. The molecule has 6 nitrogen and oxygen atoms in total. The summed E-state index contributed by atoms with van der Waals surface area (Å²) in [4.78, 5) is 26.4. The second kappa shape index (κ2) is 41.0. The van der Waals surface area contributed by atoms with Crippen molar-refractivity contribution in [2.45, 2.75) is 34.1 Å². The summed E-state index contributed by atoms with van der Waals surface area (Å²) in [6.45, 7) is 8.42. The van der Waals surface area contributed by atoms with Crippen LogP contribution >= 0.6 is 0 Å². The number of aryl methyl sites for hydroxylation is 4. The zero-order chi connectivity index (χ0) is 65.5. The number of aromatic nitrogens is 6. The van der Waals surface area contributed by atoms with Crippen molar-refractivity contribution in [1.29, 1.82) is 0 Å². The normalized spacial score (nSPS) is 9.84. The van der Waals surface area contributed by atoms with E-state index in [9.17, 15) is 0 Å². The number of pyridine rings is 6. The molecule has 0 atom stereocenters. The second-order valence-electron chi connectivity index (χ2n) is 21.7. The Hall–Kier alpha value is -10.2. The molecule has 15 aromatic rings. The van der Waals surface area contributed by atoms with E-state index in [0.29, 0.717) is 0 Å². The summed E-state index contributed by atoms with van der Waals surface area (Å²) in [7, 11) is 0. The Bertz CT molecular complexity index is 4530. The zero-order valence-corrected chi connectivity index (χ0v) is 61.9. The quantitative estimate of drug-likeness (QED) is 0.127. The molecule has 0 unspecified atom stereocenters. The molecule has 0 aliphatic rings. The molecular weight excluding hydrogens is 1730 g/mol. The molecule has 9 heteroatoms. The Balaban J connectivity index is 0.000000166. The number of nitrogens with zero attached hydrogens (tertiary/aromatic N) is 6. The van der Waals surface area contributed by atoms with Gasteiger partial charge in [-0.3, -0.25) is 0 Å². The largest absolute Gasteiger partial charge is 0.305 e. The molecule has 6 heterocycles. The van der Waals surface area contributed by atoms with Crippen molar-refractivity contribution in [2.24, 2.45) is 0 Å². The van der Waals surface area contributed by atoms with Gasteiger partial charge < -0.3 is 29.9 Å². The van der Waals surface area contributed by atoms with Gasteiger partial charge in [0.15, 0.2) is 0 Å². The summed E-state index contributed by atoms with van der Waals surface area (Å²) in [6.07, 6.45) is 10.3. The fourth-order valence-corrected chi connectivity index (χ4v) is 10.1. The molecule has 0 saturated carbocycles. The van der Waals surface area contributed by atoms with E-state index >= 15 is 0 Å². The van der Waals surface area contributed by atoms with Crippen LogP contribution in [0.3, 0.4) is 0 Å². The standard InChI is InChI=1S/C19H16N.2C18H14N.C12H10N.2C11H8N.3Ir/c1-2-15-13-19(17-11-7-4-8-12-17)20-14-18(15)16-9-5-3-6-10-16;1-14-12-18(16-10-6-3-7-11-16)19-13-17(14)15-8-4-2-5-9-15;1-14-7-5-6-10-17(14)16-11-12-19-18(13-16)15-8-3-2-4-9-15;1-10-6-5-9-12(13-10)11-7-3-2-4-8-11;2*1-2-6-10(7-3-1)11-8-4-5-9-12-11;;;/h3-11,13-14H,2H2,1H3;2-10,12-13H,1H3;2-8,10-13H,1H3;2-7,9H,1H3;2*1-6,8-9H;;;/q6*-1;;;. The summed E-state index contributed by atoms with van der Waals surface area (Å²) in [5.41, 5.74) is 24.2. The first-order valence-corrected chi connectivity index (χ1v) is 31.5. The van der Waals surface area contributed by atoms with Crippen LogP contribution in [0.4, 0.5) is 0 Å². The van der Waals surface area contributed by atoms with E-state index in [-0.39, 0.29) is 60.3 Å². The van der Waals surface area contributed by atoms with E-state index < -0.39 is 0 Å². The fourth-order valence-electron chi connectivity index (χ4n) is 10.1. The van der Waals surface area contributed by atoms with Gasteiger partial charge in [0.05, 0.1) is 0 Å². The molecule has 0 aliphatic carbocycles. The van der Waals surface area contributed by atoms with Gasteiger partial charge in [0.1, 0.15) is 0 Å². The van der Waals surface area contributed by atoms with E-state index in [1.165, 1.54) is 50.1 Å². The molecule has 0 fully saturated rings. The minimum absolute atomic E-state index is 0. The third-order valence-corrected chi connectivity index (χ3v) is 15.0. The van der Waals surface area contributed by atoms with E-state index in [2.05, 4.69) is 172 Å². The van der Waals surface area contributed by atoms with Crippen molar-refractivity contribution in [3.63, 3.8) is 0 Å². The Morgan fingerprint density at radius 1 is 0.265 bits per heavy atom. The number of hydrogen-bond donors (Lipinski definition) is 0. The van der Waals surface area contributed by atoms with Crippen LogP contribution in [0.25, 0.3) is 101 Å². The Labute approximate surface area is 619 Å².